The van der Waals surface area contributed by atoms with E-state index in [1.54, 1.807) is 22.4 Å². The van der Waals surface area contributed by atoms with Crippen LogP contribution in [0, 0.1) is 5.82 Å². The Bertz CT molecular complexity index is 849. The third-order valence-electron chi connectivity index (χ3n) is 5.07. The average molecular weight is 461 g/mol. The number of hydrogen-bond donors (Lipinski definition) is 1. The summed E-state index contributed by atoms with van der Waals surface area (Å²) in [5.41, 5.74) is 1.20. The summed E-state index contributed by atoms with van der Waals surface area (Å²) in [7, 11) is 0. The van der Waals surface area contributed by atoms with Crippen molar-refractivity contribution < 1.29 is 14.0 Å². The highest BCUT2D eigenvalue weighted by Crippen LogP contribution is 2.25. The van der Waals surface area contributed by atoms with Crippen LogP contribution in [0.15, 0.2) is 29.6 Å². The van der Waals surface area contributed by atoms with E-state index >= 15 is 0 Å². The first-order valence-corrected chi connectivity index (χ1v) is 10.0. The maximum Gasteiger partial charge on any atom is 0.273 e. The molecule has 6 nitrogen and oxygen atoms in total. The number of thiazole rings is 1. The Morgan fingerprint density at radius 2 is 1.97 bits per heavy atom. The van der Waals surface area contributed by atoms with Crippen molar-refractivity contribution in [1.82, 2.24) is 20.1 Å². The summed E-state index contributed by atoms with van der Waals surface area (Å²) < 4.78 is 13.1. The number of amides is 2. The first-order valence-electron chi connectivity index (χ1n) is 9.13. The van der Waals surface area contributed by atoms with Gasteiger partial charge in [-0.2, -0.15) is 0 Å². The predicted molar refractivity (Wildman–Crippen MR) is 116 cm³/mol. The SMILES string of the molecule is Cl.Cl.O=C(c1csc(-c2ccc(F)cc2)n1)N1CCCC(N2CCNCC2=O)C1. The van der Waals surface area contributed by atoms with Gasteiger partial charge in [0.05, 0.1) is 6.54 Å². The molecule has 158 valence electrons. The molecular weight excluding hydrogens is 438 g/mol. The van der Waals surface area contributed by atoms with Crippen LogP contribution in [0.1, 0.15) is 23.3 Å². The van der Waals surface area contributed by atoms with E-state index in [1.165, 1.54) is 23.5 Å². The van der Waals surface area contributed by atoms with Gasteiger partial charge in [-0.3, -0.25) is 9.59 Å². The van der Waals surface area contributed by atoms with Crippen molar-refractivity contribution in [3.63, 3.8) is 0 Å². The van der Waals surface area contributed by atoms with Crippen LogP contribution < -0.4 is 5.32 Å². The van der Waals surface area contributed by atoms with Crippen molar-refractivity contribution in [1.29, 1.82) is 0 Å². The molecular formula is C19H23Cl2FN4O2S. The average Bonchev–Trinajstić information content (AvgIpc) is 3.18. The van der Waals surface area contributed by atoms with Crippen LogP contribution in [0.25, 0.3) is 10.6 Å². The van der Waals surface area contributed by atoms with E-state index in [4.69, 9.17) is 0 Å². The molecule has 2 aliphatic rings. The molecule has 10 heteroatoms. The lowest BCUT2D eigenvalue weighted by atomic mass is 10.0. The molecule has 2 aliphatic heterocycles. The Labute approximate surface area is 185 Å². The van der Waals surface area contributed by atoms with E-state index < -0.39 is 0 Å². The second kappa shape index (κ2) is 10.3. The molecule has 0 bridgehead atoms. The van der Waals surface area contributed by atoms with Crippen molar-refractivity contribution in [2.24, 2.45) is 0 Å². The molecule has 1 aromatic carbocycles. The largest absolute Gasteiger partial charge is 0.336 e. The van der Waals surface area contributed by atoms with Gasteiger partial charge in [0.25, 0.3) is 5.91 Å². The molecule has 1 N–H and O–H groups in total. The second-order valence-electron chi connectivity index (χ2n) is 6.86. The Hall–Kier alpha value is -1.74. The van der Waals surface area contributed by atoms with Crippen LogP contribution in [-0.2, 0) is 4.79 Å². The van der Waals surface area contributed by atoms with Crippen LogP contribution in [0.5, 0.6) is 0 Å². The fraction of sp³-hybridized carbons (Fsp3) is 0.421. The summed E-state index contributed by atoms with van der Waals surface area (Å²) in [6.45, 7) is 3.09. The molecule has 2 amide bonds. The molecule has 0 radical (unpaired) electrons. The van der Waals surface area contributed by atoms with Gasteiger partial charge < -0.3 is 15.1 Å². The number of piperazine rings is 1. The van der Waals surface area contributed by atoms with E-state index in [0.29, 0.717) is 36.9 Å². The zero-order valence-electron chi connectivity index (χ0n) is 15.7. The number of carbonyl (C=O) groups excluding carboxylic acids is 2. The zero-order chi connectivity index (χ0) is 18.8. The number of nitrogens with zero attached hydrogens (tertiary/aromatic N) is 3. The standard InChI is InChI=1S/C19H21FN4O2S.2ClH/c20-14-5-3-13(4-6-14)18-22-16(12-27-18)19(26)23-8-1-2-15(11-23)24-9-7-21-10-17(24)25;;/h3-6,12,15,21H,1-2,7-11H2;2*1H. The van der Waals surface area contributed by atoms with Gasteiger partial charge in [-0.1, -0.05) is 0 Å². The van der Waals surface area contributed by atoms with Gasteiger partial charge in [0.15, 0.2) is 0 Å². The van der Waals surface area contributed by atoms with E-state index in [9.17, 15) is 14.0 Å². The smallest absolute Gasteiger partial charge is 0.273 e. The van der Waals surface area contributed by atoms with E-state index in [0.717, 1.165) is 24.9 Å². The topological polar surface area (TPSA) is 65.5 Å². The van der Waals surface area contributed by atoms with Crippen molar-refractivity contribution >= 4 is 48.0 Å². The van der Waals surface area contributed by atoms with Gasteiger partial charge in [-0.05, 0) is 37.1 Å². The number of hydrogen-bond acceptors (Lipinski definition) is 5. The number of aromatic nitrogens is 1. The first-order chi connectivity index (χ1) is 13.1. The van der Waals surface area contributed by atoms with E-state index in [2.05, 4.69) is 10.3 Å². The van der Waals surface area contributed by atoms with E-state index in [-0.39, 0.29) is 48.5 Å². The number of halogens is 3. The van der Waals surface area contributed by atoms with Crippen LogP contribution in [0.3, 0.4) is 0 Å². The molecule has 1 atom stereocenters. The Morgan fingerprint density at radius 3 is 2.69 bits per heavy atom. The Balaban J connectivity index is 0.00000150. The molecule has 29 heavy (non-hydrogen) atoms. The molecule has 2 saturated heterocycles. The molecule has 4 rings (SSSR count). The summed E-state index contributed by atoms with van der Waals surface area (Å²) in [6, 6.07) is 6.17. The summed E-state index contributed by atoms with van der Waals surface area (Å²) in [4.78, 5) is 33.2. The minimum Gasteiger partial charge on any atom is -0.336 e. The molecule has 0 saturated carbocycles. The molecule has 3 heterocycles. The third kappa shape index (κ3) is 5.25. The number of nitrogens with one attached hydrogen (secondary N) is 1. The predicted octanol–water partition coefficient (Wildman–Crippen LogP) is 2.83. The van der Waals surface area contributed by atoms with Crippen LogP contribution in [-0.4, -0.2) is 65.4 Å². The minimum absolute atomic E-state index is 0. The maximum absolute atomic E-state index is 13.1. The van der Waals surface area contributed by atoms with Crippen LogP contribution >= 0.6 is 36.2 Å². The van der Waals surface area contributed by atoms with Gasteiger partial charge in [-0.25, -0.2) is 9.37 Å². The van der Waals surface area contributed by atoms with Gasteiger partial charge in [0, 0.05) is 43.2 Å². The second-order valence-corrected chi connectivity index (χ2v) is 7.71. The highest BCUT2D eigenvalue weighted by atomic mass is 35.5. The molecule has 2 fully saturated rings. The lowest BCUT2D eigenvalue weighted by Gasteiger charge is -2.40. The van der Waals surface area contributed by atoms with Crippen LogP contribution in [0.2, 0.25) is 0 Å². The number of piperidine rings is 1. The normalized spacial score (nSPS) is 19.3. The van der Waals surface area contributed by atoms with Crippen LogP contribution in [0.4, 0.5) is 4.39 Å². The van der Waals surface area contributed by atoms with E-state index in [1.807, 2.05) is 4.90 Å². The van der Waals surface area contributed by atoms with Gasteiger partial charge in [0.1, 0.15) is 16.5 Å². The summed E-state index contributed by atoms with van der Waals surface area (Å²) in [5, 5.41) is 5.53. The fourth-order valence-corrected chi connectivity index (χ4v) is 4.46. The highest BCUT2D eigenvalue weighted by Gasteiger charge is 2.32. The Morgan fingerprint density at radius 1 is 1.21 bits per heavy atom. The van der Waals surface area contributed by atoms with Crippen molar-refractivity contribution in [3.05, 3.63) is 41.2 Å². The summed E-state index contributed by atoms with van der Waals surface area (Å²) in [5.74, 6) is -0.298. The molecule has 1 unspecified atom stereocenters. The zero-order valence-corrected chi connectivity index (χ0v) is 18.1. The van der Waals surface area contributed by atoms with Crippen molar-refractivity contribution in [2.45, 2.75) is 18.9 Å². The number of likely N-dealkylation sites (tertiary alicyclic amines) is 1. The molecule has 0 spiro atoms. The third-order valence-corrected chi connectivity index (χ3v) is 5.96. The monoisotopic (exact) mass is 460 g/mol. The maximum atomic E-state index is 13.1. The minimum atomic E-state index is -0.298. The Kier molecular flexibility index (Phi) is 8.39. The molecule has 2 aromatic rings. The number of rotatable bonds is 3. The summed E-state index contributed by atoms with van der Waals surface area (Å²) in [6.07, 6.45) is 1.80. The molecule has 0 aliphatic carbocycles. The van der Waals surface area contributed by atoms with Crippen molar-refractivity contribution in [2.75, 3.05) is 32.7 Å². The number of benzene rings is 1. The molecule has 1 aromatic heterocycles. The van der Waals surface area contributed by atoms with Gasteiger partial charge >= 0.3 is 0 Å². The summed E-state index contributed by atoms with van der Waals surface area (Å²) >= 11 is 1.38. The lowest BCUT2D eigenvalue weighted by molar-refractivity contribution is -0.135. The van der Waals surface area contributed by atoms with Gasteiger partial charge in [-0.15, -0.1) is 36.2 Å². The quantitative estimate of drug-likeness (QED) is 0.764. The van der Waals surface area contributed by atoms with Crippen molar-refractivity contribution in [3.8, 4) is 10.6 Å². The fourth-order valence-electron chi connectivity index (χ4n) is 3.66. The first kappa shape index (κ1) is 23.5. The van der Waals surface area contributed by atoms with Gasteiger partial charge in [0.2, 0.25) is 5.91 Å². The lowest BCUT2D eigenvalue weighted by Crippen LogP contribution is -2.57. The highest BCUT2D eigenvalue weighted by molar-refractivity contribution is 7.13. The number of carbonyl (C=O) groups is 2.